The van der Waals surface area contributed by atoms with E-state index < -0.39 is 0 Å². The first-order valence-electron chi connectivity index (χ1n) is 9.85. The molecule has 29 heavy (non-hydrogen) atoms. The number of ether oxygens (including phenoxy) is 1. The summed E-state index contributed by atoms with van der Waals surface area (Å²) in [7, 11) is 3.71. The summed E-state index contributed by atoms with van der Waals surface area (Å²) in [6, 6.07) is 6.32. The van der Waals surface area contributed by atoms with E-state index in [1.165, 1.54) is 5.56 Å². The minimum atomic E-state index is 0. The third kappa shape index (κ3) is 7.83. The molecule has 2 aromatic rings. The van der Waals surface area contributed by atoms with Gasteiger partial charge in [-0.25, -0.2) is 0 Å². The number of nitrogens with zero attached hydrogens (tertiary/aromatic N) is 4. The van der Waals surface area contributed by atoms with Gasteiger partial charge in [0.1, 0.15) is 11.6 Å². The zero-order valence-corrected chi connectivity index (χ0v) is 20.9. The van der Waals surface area contributed by atoms with Crippen LogP contribution < -0.4 is 15.4 Å². The first kappa shape index (κ1) is 25.2. The molecule has 1 atom stereocenters. The molecular formula is C21H35IN6O. The topological polar surface area (TPSA) is 76.4 Å². The van der Waals surface area contributed by atoms with Gasteiger partial charge in [-0.2, -0.15) is 0 Å². The Labute approximate surface area is 191 Å². The van der Waals surface area contributed by atoms with Gasteiger partial charge in [-0.15, -0.1) is 34.2 Å². The normalized spacial score (nSPS) is 12.5. The second-order valence-corrected chi connectivity index (χ2v) is 7.67. The number of hydrogen-bond acceptors (Lipinski definition) is 4. The fourth-order valence-corrected chi connectivity index (χ4v) is 3.01. The maximum atomic E-state index is 6.23. The molecule has 0 spiro atoms. The largest absolute Gasteiger partial charge is 0.490 e. The Bertz CT molecular complexity index is 802. The Morgan fingerprint density at radius 1 is 1.14 bits per heavy atom. The van der Waals surface area contributed by atoms with Crippen LogP contribution in [0.1, 0.15) is 50.0 Å². The van der Waals surface area contributed by atoms with E-state index in [9.17, 15) is 0 Å². The van der Waals surface area contributed by atoms with Crippen molar-refractivity contribution in [1.82, 2.24) is 25.4 Å². The van der Waals surface area contributed by atoms with Crippen molar-refractivity contribution in [3.05, 3.63) is 41.0 Å². The van der Waals surface area contributed by atoms with Gasteiger partial charge in [0.2, 0.25) is 0 Å². The summed E-state index contributed by atoms with van der Waals surface area (Å²) in [6.45, 7) is 11.8. The number of aliphatic imine (C=N–C) groups is 1. The number of aromatic nitrogens is 3. The fourth-order valence-electron chi connectivity index (χ4n) is 3.01. The molecule has 0 aliphatic carbocycles. The molecule has 0 saturated heterocycles. The lowest BCUT2D eigenvalue weighted by molar-refractivity contribution is 0.191. The molecule has 162 valence electrons. The van der Waals surface area contributed by atoms with E-state index in [2.05, 4.69) is 71.7 Å². The van der Waals surface area contributed by atoms with Crippen molar-refractivity contribution in [3.8, 4) is 5.75 Å². The molecule has 0 amide bonds. The number of guanidine groups is 1. The number of rotatable bonds is 8. The molecule has 8 heteroatoms. The van der Waals surface area contributed by atoms with Gasteiger partial charge in [0, 0.05) is 26.2 Å². The van der Waals surface area contributed by atoms with Gasteiger partial charge in [0.05, 0.1) is 12.6 Å². The number of halogens is 1. The lowest BCUT2D eigenvalue weighted by atomic mass is 10.1. The molecule has 0 radical (unpaired) electrons. The van der Waals surface area contributed by atoms with Crippen molar-refractivity contribution >= 4 is 29.9 Å². The summed E-state index contributed by atoms with van der Waals surface area (Å²) in [5.41, 5.74) is 2.30. The van der Waals surface area contributed by atoms with Crippen LogP contribution in [0.3, 0.4) is 0 Å². The highest BCUT2D eigenvalue weighted by Crippen LogP contribution is 2.23. The second-order valence-electron chi connectivity index (χ2n) is 7.67. The number of nitrogens with one attached hydrogen (secondary N) is 2. The molecule has 2 rings (SSSR count). The van der Waals surface area contributed by atoms with E-state index in [0.29, 0.717) is 25.0 Å². The van der Waals surface area contributed by atoms with Crippen LogP contribution in [0.5, 0.6) is 5.75 Å². The van der Waals surface area contributed by atoms with E-state index >= 15 is 0 Å². The molecule has 1 heterocycles. The molecule has 1 unspecified atom stereocenters. The SMILES string of the molecule is CN=C(NCc1ccc(C)cc1OC(C)CC(C)C)NCc1nnc(C)n1C.I. The zero-order valence-electron chi connectivity index (χ0n) is 18.6. The molecule has 0 aliphatic rings. The third-order valence-corrected chi connectivity index (χ3v) is 4.62. The average Bonchev–Trinajstić information content (AvgIpc) is 2.94. The van der Waals surface area contributed by atoms with Crippen LogP contribution in [-0.2, 0) is 20.1 Å². The van der Waals surface area contributed by atoms with Crippen LogP contribution in [0.15, 0.2) is 23.2 Å². The van der Waals surface area contributed by atoms with Gasteiger partial charge >= 0.3 is 0 Å². The Kier molecular flexibility index (Phi) is 10.4. The molecule has 1 aromatic heterocycles. The van der Waals surface area contributed by atoms with Crippen LogP contribution in [0.2, 0.25) is 0 Å². The Balaban J connectivity index is 0.00000420. The maximum Gasteiger partial charge on any atom is 0.191 e. The average molecular weight is 514 g/mol. The zero-order chi connectivity index (χ0) is 20.7. The van der Waals surface area contributed by atoms with Crippen LogP contribution in [-0.4, -0.2) is 33.9 Å². The lowest BCUT2D eigenvalue weighted by Crippen LogP contribution is -2.37. The molecular weight excluding hydrogens is 479 g/mol. The van der Waals surface area contributed by atoms with E-state index in [0.717, 1.165) is 29.4 Å². The van der Waals surface area contributed by atoms with Gasteiger partial charge in [-0.1, -0.05) is 26.0 Å². The minimum Gasteiger partial charge on any atom is -0.490 e. The summed E-state index contributed by atoms with van der Waals surface area (Å²) in [5, 5.41) is 14.9. The van der Waals surface area contributed by atoms with Gasteiger partial charge in [0.25, 0.3) is 0 Å². The number of benzene rings is 1. The Hall–Kier alpha value is -1.84. The first-order chi connectivity index (χ1) is 13.3. The lowest BCUT2D eigenvalue weighted by Gasteiger charge is -2.20. The van der Waals surface area contributed by atoms with Crippen LogP contribution in [0, 0.1) is 19.8 Å². The predicted octanol–water partition coefficient (Wildman–Crippen LogP) is 3.73. The fraction of sp³-hybridized carbons (Fsp3) is 0.571. The van der Waals surface area contributed by atoms with E-state index in [1.807, 2.05) is 18.5 Å². The minimum absolute atomic E-state index is 0. The smallest absolute Gasteiger partial charge is 0.191 e. The second kappa shape index (κ2) is 12.0. The van der Waals surface area contributed by atoms with Crippen LogP contribution in [0.25, 0.3) is 0 Å². The number of hydrogen-bond donors (Lipinski definition) is 2. The van der Waals surface area contributed by atoms with Gasteiger partial charge < -0.3 is 19.9 Å². The molecule has 2 N–H and O–H groups in total. The summed E-state index contributed by atoms with van der Waals surface area (Å²) in [6.07, 6.45) is 1.21. The van der Waals surface area contributed by atoms with E-state index in [4.69, 9.17) is 4.74 Å². The third-order valence-electron chi connectivity index (χ3n) is 4.62. The maximum absolute atomic E-state index is 6.23. The highest BCUT2D eigenvalue weighted by atomic mass is 127. The molecule has 0 bridgehead atoms. The van der Waals surface area contributed by atoms with Crippen molar-refractivity contribution in [2.75, 3.05) is 7.05 Å². The van der Waals surface area contributed by atoms with E-state index in [1.54, 1.807) is 7.05 Å². The highest BCUT2D eigenvalue weighted by Gasteiger charge is 2.12. The summed E-state index contributed by atoms with van der Waals surface area (Å²) in [5.74, 6) is 4.00. The van der Waals surface area contributed by atoms with Crippen LogP contribution >= 0.6 is 24.0 Å². The molecule has 1 aromatic carbocycles. The number of aryl methyl sites for hydroxylation is 2. The molecule has 0 fully saturated rings. The Morgan fingerprint density at radius 3 is 2.41 bits per heavy atom. The quantitative estimate of drug-likeness (QED) is 0.319. The monoisotopic (exact) mass is 514 g/mol. The van der Waals surface area contributed by atoms with Crippen molar-refractivity contribution < 1.29 is 4.74 Å². The molecule has 0 saturated carbocycles. The Morgan fingerprint density at radius 2 is 1.83 bits per heavy atom. The standard InChI is InChI=1S/C21H34N6O.HI/c1-14(2)10-16(4)28-19-11-15(3)8-9-18(19)12-23-21(22-6)24-13-20-26-25-17(5)27(20)7;/h8-9,11,14,16H,10,12-13H2,1-7H3,(H2,22,23,24);1H. The summed E-state index contributed by atoms with van der Waals surface area (Å²) < 4.78 is 8.19. The van der Waals surface area contributed by atoms with Gasteiger partial charge in [0.15, 0.2) is 11.8 Å². The molecule has 7 nitrogen and oxygen atoms in total. The highest BCUT2D eigenvalue weighted by molar-refractivity contribution is 14.0. The van der Waals surface area contributed by atoms with Gasteiger partial charge in [-0.05, 0) is 44.7 Å². The van der Waals surface area contributed by atoms with Crippen molar-refractivity contribution in [2.45, 2.75) is 60.2 Å². The summed E-state index contributed by atoms with van der Waals surface area (Å²) >= 11 is 0. The van der Waals surface area contributed by atoms with Crippen molar-refractivity contribution in [1.29, 1.82) is 0 Å². The van der Waals surface area contributed by atoms with E-state index in [-0.39, 0.29) is 30.1 Å². The van der Waals surface area contributed by atoms with Crippen molar-refractivity contribution in [2.24, 2.45) is 18.0 Å². The first-order valence-corrected chi connectivity index (χ1v) is 9.85. The molecule has 0 aliphatic heterocycles. The van der Waals surface area contributed by atoms with Gasteiger partial charge in [-0.3, -0.25) is 4.99 Å². The predicted molar refractivity (Wildman–Crippen MR) is 129 cm³/mol. The van der Waals surface area contributed by atoms with Crippen LogP contribution in [0.4, 0.5) is 0 Å². The van der Waals surface area contributed by atoms with Crippen molar-refractivity contribution in [3.63, 3.8) is 0 Å². The summed E-state index contributed by atoms with van der Waals surface area (Å²) in [4.78, 5) is 4.30.